The third-order valence-electron chi connectivity index (χ3n) is 5.43. The standard InChI is InChI=1S/C16H16O2.C15H16O2/c1-17-15-9-5-13(6-10-15)3-4-14-7-11-16(18-2)12-8-14;1-16-14-7-3-12(4-8-14)11-13-5-9-15(17-2)10-6-13/h3-12H,1-2H3;3-10H,11H2,1-2H3/b4-3+;. The van der Waals surface area contributed by atoms with Crippen molar-refractivity contribution in [3.8, 4) is 23.0 Å². The first-order chi connectivity index (χ1) is 17.1. The molecule has 0 saturated heterocycles. The average Bonchev–Trinajstić information content (AvgIpc) is 2.93. The van der Waals surface area contributed by atoms with E-state index in [1.54, 1.807) is 28.4 Å². The summed E-state index contributed by atoms with van der Waals surface area (Å²) in [6.45, 7) is 0. The Morgan fingerprint density at radius 2 is 0.657 bits per heavy atom. The Kier molecular flexibility index (Phi) is 9.82. The maximum absolute atomic E-state index is 5.13. The van der Waals surface area contributed by atoms with Crippen molar-refractivity contribution in [2.24, 2.45) is 0 Å². The number of benzene rings is 4. The highest BCUT2D eigenvalue weighted by molar-refractivity contribution is 5.70. The Hall–Kier alpha value is -4.18. The predicted molar refractivity (Wildman–Crippen MR) is 144 cm³/mol. The molecular weight excluding hydrogens is 436 g/mol. The zero-order valence-corrected chi connectivity index (χ0v) is 20.7. The smallest absolute Gasteiger partial charge is 0.118 e. The molecule has 0 atom stereocenters. The van der Waals surface area contributed by atoms with E-state index in [0.29, 0.717) is 0 Å². The van der Waals surface area contributed by atoms with E-state index >= 15 is 0 Å². The van der Waals surface area contributed by atoms with E-state index < -0.39 is 0 Å². The Morgan fingerprint density at radius 1 is 0.400 bits per heavy atom. The third kappa shape index (κ3) is 8.27. The van der Waals surface area contributed by atoms with Gasteiger partial charge in [-0.1, -0.05) is 60.7 Å². The molecule has 4 aromatic carbocycles. The molecule has 0 fully saturated rings. The Labute approximate surface area is 208 Å². The van der Waals surface area contributed by atoms with E-state index in [0.717, 1.165) is 40.5 Å². The second-order valence-corrected chi connectivity index (χ2v) is 7.75. The van der Waals surface area contributed by atoms with Crippen LogP contribution in [0.5, 0.6) is 23.0 Å². The lowest BCUT2D eigenvalue weighted by atomic mass is 10.0. The molecule has 35 heavy (non-hydrogen) atoms. The molecule has 0 heterocycles. The number of hydrogen-bond donors (Lipinski definition) is 0. The SMILES string of the molecule is COc1ccc(/C=C/c2ccc(OC)cc2)cc1.COc1ccc(Cc2ccc(OC)cc2)cc1. The van der Waals surface area contributed by atoms with Gasteiger partial charge in [-0.05, 0) is 77.2 Å². The van der Waals surface area contributed by atoms with Crippen LogP contribution in [0.25, 0.3) is 12.2 Å². The average molecular weight is 469 g/mol. The minimum Gasteiger partial charge on any atom is -0.497 e. The van der Waals surface area contributed by atoms with Crippen molar-refractivity contribution >= 4 is 12.2 Å². The first kappa shape index (κ1) is 25.4. The van der Waals surface area contributed by atoms with Crippen LogP contribution in [0.1, 0.15) is 22.3 Å². The van der Waals surface area contributed by atoms with E-state index in [1.165, 1.54) is 11.1 Å². The minimum absolute atomic E-state index is 0.872. The van der Waals surface area contributed by atoms with Crippen LogP contribution in [-0.4, -0.2) is 28.4 Å². The van der Waals surface area contributed by atoms with Crippen molar-refractivity contribution in [3.63, 3.8) is 0 Å². The van der Waals surface area contributed by atoms with Crippen LogP contribution in [0, 0.1) is 0 Å². The quantitative estimate of drug-likeness (QED) is 0.257. The summed E-state index contributed by atoms with van der Waals surface area (Å²) >= 11 is 0. The van der Waals surface area contributed by atoms with Gasteiger partial charge in [0.25, 0.3) is 0 Å². The lowest BCUT2D eigenvalue weighted by Gasteiger charge is -2.05. The molecule has 0 aliphatic carbocycles. The fourth-order valence-corrected chi connectivity index (χ4v) is 3.34. The van der Waals surface area contributed by atoms with Crippen molar-refractivity contribution < 1.29 is 18.9 Å². The summed E-state index contributed by atoms with van der Waals surface area (Å²) < 4.78 is 20.5. The zero-order valence-electron chi connectivity index (χ0n) is 20.7. The van der Waals surface area contributed by atoms with Gasteiger partial charge in [0, 0.05) is 0 Å². The van der Waals surface area contributed by atoms with Gasteiger partial charge in [0.1, 0.15) is 23.0 Å². The lowest BCUT2D eigenvalue weighted by Crippen LogP contribution is -1.89. The lowest BCUT2D eigenvalue weighted by molar-refractivity contribution is 0.414. The predicted octanol–water partition coefficient (Wildman–Crippen LogP) is 7.17. The van der Waals surface area contributed by atoms with Crippen LogP contribution in [0.2, 0.25) is 0 Å². The van der Waals surface area contributed by atoms with Crippen LogP contribution in [0.4, 0.5) is 0 Å². The Morgan fingerprint density at radius 3 is 0.914 bits per heavy atom. The molecule has 0 spiro atoms. The summed E-state index contributed by atoms with van der Waals surface area (Å²) in [5, 5.41) is 0. The molecule has 0 aromatic heterocycles. The number of rotatable bonds is 8. The summed E-state index contributed by atoms with van der Waals surface area (Å²) in [4.78, 5) is 0. The van der Waals surface area contributed by atoms with Gasteiger partial charge in [-0.3, -0.25) is 0 Å². The highest BCUT2D eigenvalue weighted by Gasteiger charge is 1.98. The van der Waals surface area contributed by atoms with Crippen LogP contribution < -0.4 is 18.9 Å². The normalized spacial score (nSPS) is 10.3. The largest absolute Gasteiger partial charge is 0.497 e. The molecule has 0 saturated carbocycles. The van der Waals surface area contributed by atoms with Gasteiger partial charge in [-0.25, -0.2) is 0 Å². The number of methoxy groups -OCH3 is 4. The van der Waals surface area contributed by atoms with Crippen LogP contribution in [0.3, 0.4) is 0 Å². The third-order valence-corrected chi connectivity index (χ3v) is 5.43. The minimum atomic E-state index is 0.872. The first-order valence-electron chi connectivity index (χ1n) is 11.4. The van der Waals surface area contributed by atoms with E-state index in [1.807, 2.05) is 72.8 Å². The molecule has 0 radical (unpaired) electrons. The van der Waals surface area contributed by atoms with E-state index in [9.17, 15) is 0 Å². The molecule has 0 aliphatic heterocycles. The second-order valence-electron chi connectivity index (χ2n) is 7.75. The Bertz CT molecular complexity index is 1070. The summed E-state index contributed by atoms with van der Waals surface area (Å²) in [6.07, 6.45) is 5.07. The van der Waals surface area contributed by atoms with Gasteiger partial charge < -0.3 is 18.9 Å². The summed E-state index contributed by atoms with van der Waals surface area (Å²) in [5.41, 5.74) is 4.84. The maximum Gasteiger partial charge on any atom is 0.118 e. The molecule has 0 amide bonds. The van der Waals surface area contributed by atoms with Gasteiger partial charge in [0.15, 0.2) is 0 Å². The summed E-state index contributed by atoms with van der Waals surface area (Å²) in [5.74, 6) is 3.53. The molecule has 0 N–H and O–H groups in total. The van der Waals surface area contributed by atoms with Crippen LogP contribution in [-0.2, 0) is 6.42 Å². The summed E-state index contributed by atoms with van der Waals surface area (Å²) in [6, 6.07) is 32.2. The van der Waals surface area contributed by atoms with E-state index in [-0.39, 0.29) is 0 Å². The van der Waals surface area contributed by atoms with Gasteiger partial charge in [-0.2, -0.15) is 0 Å². The van der Waals surface area contributed by atoms with Crippen LogP contribution >= 0.6 is 0 Å². The molecule has 4 nitrogen and oxygen atoms in total. The molecule has 180 valence electrons. The summed E-state index contributed by atoms with van der Waals surface area (Å²) in [7, 11) is 6.70. The molecule has 0 bridgehead atoms. The fourth-order valence-electron chi connectivity index (χ4n) is 3.34. The fraction of sp³-hybridized carbons (Fsp3) is 0.161. The second kappa shape index (κ2) is 13.5. The van der Waals surface area contributed by atoms with E-state index in [2.05, 4.69) is 36.4 Å². The first-order valence-corrected chi connectivity index (χ1v) is 11.4. The van der Waals surface area contributed by atoms with Gasteiger partial charge in [-0.15, -0.1) is 0 Å². The van der Waals surface area contributed by atoms with Crippen molar-refractivity contribution in [2.75, 3.05) is 28.4 Å². The van der Waals surface area contributed by atoms with Crippen LogP contribution in [0.15, 0.2) is 97.1 Å². The highest BCUT2D eigenvalue weighted by atomic mass is 16.5. The Balaban J connectivity index is 0.000000196. The van der Waals surface area contributed by atoms with Gasteiger partial charge >= 0.3 is 0 Å². The monoisotopic (exact) mass is 468 g/mol. The van der Waals surface area contributed by atoms with Crippen molar-refractivity contribution in [2.45, 2.75) is 6.42 Å². The molecular formula is C31H32O4. The van der Waals surface area contributed by atoms with E-state index in [4.69, 9.17) is 18.9 Å². The van der Waals surface area contributed by atoms with Gasteiger partial charge in [0.2, 0.25) is 0 Å². The maximum atomic E-state index is 5.13. The number of hydrogen-bond acceptors (Lipinski definition) is 4. The molecule has 0 aliphatic rings. The number of ether oxygens (including phenoxy) is 4. The molecule has 0 unspecified atom stereocenters. The topological polar surface area (TPSA) is 36.9 Å². The zero-order chi connectivity index (χ0) is 24.9. The van der Waals surface area contributed by atoms with Gasteiger partial charge in [0.05, 0.1) is 28.4 Å². The molecule has 4 heteroatoms. The highest BCUT2D eigenvalue weighted by Crippen LogP contribution is 2.18. The van der Waals surface area contributed by atoms with Crippen molar-refractivity contribution in [1.82, 2.24) is 0 Å². The molecule has 4 rings (SSSR count). The van der Waals surface area contributed by atoms with Crippen molar-refractivity contribution in [3.05, 3.63) is 119 Å². The van der Waals surface area contributed by atoms with Crippen molar-refractivity contribution in [1.29, 1.82) is 0 Å². The molecule has 4 aromatic rings.